The van der Waals surface area contributed by atoms with Gasteiger partial charge in [-0.25, -0.2) is 4.39 Å². The second kappa shape index (κ2) is 9.89. The first-order valence-electron chi connectivity index (χ1n) is 9.72. The number of aryl methyl sites for hydroxylation is 1. The fourth-order valence-corrected chi connectivity index (χ4v) is 4.01. The maximum atomic E-state index is 14.0. The zero-order valence-corrected chi connectivity index (χ0v) is 16.6. The summed E-state index contributed by atoms with van der Waals surface area (Å²) in [6, 6.07) is 14.8. The number of para-hydroxylation sites is 1. The van der Waals surface area contributed by atoms with E-state index in [0.29, 0.717) is 5.69 Å². The van der Waals surface area contributed by atoms with Crippen LogP contribution in [0.4, 0.5) is 10.1 Å². The third kappa shape index (κ3) is 5.69. The highest BCUT2D eigenvalue weighted by molar-refractivity contribution is 6.30. The summed E-state index contributed by atoms with van der Waals surface area (Å²) in [7, 11) is 0. The van der Waals surface area contributed by atoms with E-state index in [1.54, 1.807) is 12.1 Å². The van der Waals surface area contributed by atoms with Crippen LogP contribution in [0, 0.1) is 5.82 Å². The summed E-state index contributed by atoms with van der Waals surface area (Å²) in [5.74, 6) is -1.01. The molecule has 4 nitrogen and oxygen atoms in total. The van der Waals surface area contributed by atoms with E-state index in [2.05, 4.69) is 9.80 Å². The van der Waals surface area contributed by atoms with Crippen LogP contribution in [0.2, 0.25) is 5.02 Å². The SMILES string of the molecule is O=C(O)CN(CCCc1ccc(Cl)cc1)C1CCN(c2ccccc2F)CC1. The van der Waals surface area contributed by atoms with Gasteiger partial charge in [0, 0.05) is 24.2 Å². The van der Waals surface area contributed by atoms with E-state index in [1.165, 1.54) is 11.6 Å². The molecule has 1 aliphatic heterocycles. The summed E-state index contributed by atoms with van der Waals surface area (Å²) < 4.78 is 14.0. The Morgan fingerprint density at radius 3 is 2.46 bits per heavy atom. The van der Waals surface area contributed by atoms with Crippen molar-refractivity contribution in [2.75, 3.05) is 31.1 Å². The average Bonchev–Trinajstić information content (AvgIpc) is 2.69. The second-order valence-electron chi connectivity index (χ2n) is 7.26. The van der Waals surface area contributed by atoms with Crippen LogP contribution in [0.3, 0.4) is 0 Å². The minimum atomic E-state index is -0.803. The van der Waals surface area contributed by atoms with Crippen LogP contribution in [0.25, 0.3) is 0 Å². The molecule has 1 N–H and O–H groups in total. The lowest BCUT2D eigenvalue weighted by Crippen LogP contribution is -2.47. The number of benzene rings is 2. The van der Waals surface area contributed by atoms with Crippen LogP contribution in [0.5, 0.6) is 0 Å². The molecule has 3 rings (SSSR count). The van der Waals surface area contributed by atoms with E-state index < -0.39 is 5.97 Å². The molecule has 1 saturated heterocycles. The van der Waals surface area contributed by atoms with Gasteiger partial charge in [0.15, 0.2) is 0 Å². The second-order valence-corrected chi connectivity index (χ2v) is 7.70. The van der Waals surface area contributed by atoms with Crippen molar-refractivity contribution >= 4 is 23.3 Å². The lowest BCUT2D eigenvalue weighted by atomic mass is 10.0. The number of aliphatic carboxylic acids is 1. The normalized spacial score (nSPS) is 15.2. The fraction of sp³-hybridized carbons (Fsp3) is 0.409. The van der Waals surface area contributed by atoms with Gasteiger partial charge in [0.1, 0.15) is 5.82 Å². The molecular formula is C22H26ClFN2O2. The number of nitrogens with zero attached hydrogens (tertiary/aromatic N) is 2. The Balaban J connectivity index is 1.54. The standard InChI is InChI=1S/C22H26ClFN2O2/c23-18-9-7-17(8-10-18)4-3-13-26(16-22(27)28)19-11-14-25(15-12-19)21-6-2-1-5-20(21)24/h1-2,5-10,19H,3-4,11-16H2,(H,27,28). The van der Waals surface area contributed by atoms with Gasteiger partial charge < -0.3 is 10.0 Å². The molecule has 0 amide bonds. The van der Waals surface area contributed by atoms with Crippen molar-refractivity contribution < 1.29 is 14.3 Å². The molecule has 0 spiro atoms. The predicted molar refractivity (Wildman–Crippen MR) is 111 cm³/mol. The van der Waals surface area contributed by atoms with Crippen molar-refractivity contribution in [3.05, 3.63) is 64.9 Å². The maximum absolute atomic E-state index is 14.0. The molecule has 0 saturated carbocycles. The summed E-state index contributed by atoms with van der Waals surface area (Å²) in [6.07, 6.45) is 3.45. The van der Waals surface area contributed by atoms with Crippen molar-refractivity contribution in [2.24, 2.45) is 0 Å². The summed E-state index contributed by atoms with van der Waals surface area (Å²) >= 11 is 5.92. The molecule has 1 heterocycles. The van der Waals surface area contributed by atoms with Crippen LogP contribution in [0.1, 0.15) is 24.8 Å². The topological polar surface area (TPSA) is 43.8 Å². The van der Waals surface area contributed by atoms with E-state index in [4.69, 9.17) is 11.6 Å². The van der Waals surface area contributed by atoms with Gasteiger partial charge in [0.05, 0.1) is 12.2 Å². The van der Waals surface area contributed by atoms with Crippen molar-refractivity contribution in [1.29, 1.82) is 0 Å². The largest absolute Gasteiger partial charge is 0.480 e. The Morgan fingerprint density at radius 1 is 1.14 bits per heavy atom. The minimum Gasteiger partial charge on any atom is -0.480 e. The molecular weight excluding hydrogens is 379 g/mol. The zero-order valence-electron chi connectivity index (χ0n) is 15.9. The minimum absolute atomic E-state index is 0.0466. The lowest BCUT2D eigenvalue weighted by molar-refractivity contribution is -0.139. The molecule has 2 aromatic carbocycles. The molecule has 2 aromatic rings. The molecule has 150 valence electrons. The van der Waals surface area contributed by atoms with Gasteiger partial charge in [0.25, 0.3) is 0 Å². The van der Waals surface area contributed by atoms with Gasteiger partial charge in [-0.2, -0.15) is 0 Å². The Kier molecular flexibility index (Phi) is 7.29. The van der Waals surface area contributed by atoms with E-state index in [1.807, 2.05) is 30.3 Å². The summed E-state index contributed by atoms with van der Waals surface area (Å²) in [5.41, 5.74) is 1.84. The number of hydrogen-bond acceptors (Lipinski definition) is 3. The van der Waals surface area contributed by atoms with Gasteiger partial charge in [-0.15, -0.1) is 0 Å². The fourth-order valence-electron chi connectivity index (χ4n) is 3.88. The van der Waals surface area contributed by atoms with Gasteiger partial charge >= 0.3 is 5.97 Å². The highest BCUT2D eigenvalue weighted by atomic mass is 35.5. The number of carbonyl (C=O) groups is 1. The van der Waals surface area contributed by atoms with E-state index in [-0.39, 0.29) is 18.4 Å². The monoisotopic (exact) mass is 404 g/mol. The molecule has 1 fully saturated rings. The molecule has 6 heteroatoms. The summed E-state index contributed by atoms with van der Waals surface area (Å²) in [5, 5.41) is 10.0. The summed E-state index contributed by atoms with van der Waals surface area (Å²) in [6.45, 7) is 2.25. The van der Waals surface area contributed by atoms with Crippen molar-refractivity contribution in [3.8, 4) is 0 Å². The number of carboxylic acids is 1. The third-order valence-corrected chi connectivity index (χ3v) is 5.59. The molecule has 0 bridgehead atoms. The summed E-state index contributed by atoms with van der Waals surface area (Å²) in [4.78, 5) is 15.5. The molecule has 0 aromatic heterocycles. The van der Waals surface area contributed by atoms with Crippen molar-refractivity contribution in [3.63, 3.8) is 0 Å². The third-order valence-electron chi connectivity index (χ3n) is 5.34. The number of hydrogen-bond donors (Lipinski definition) is 1. The van der Waals surface area contributed by atoms with Crippen LogP contribution < -0.4 is 4.90 Å². The quantitative estimate of drug-likeness (QED) is 0.705. The van der Waals surface area contributed by atoms with Crippen LogP contribution in [0.15, 0.2) is 48.5 Å². The molecule has 28 heavy (non-hydrogen) atoms. The predicted octanol–water partition coefficient (Wildman–Crippen LogP) is 4.47. The Labute approximate surface area is 170 Å². The Bertz CT molecular complexity index is 776. The first-order valence-corrected chi connectivity index (χ1v) is 10.1. The van der Waals surface area contributed by atoms with Gasteiger partial charge in [0.2, 0.25) is 0 Å². The zero-order chi connectivity index (χ0) is 19.9. The smallest absolute Gasteiger partial charge is 0.317 e. The molecule has 1 aliphatic rings. The lowest BCUT2D eigenvalue weighted by Gasteiger charge is -2.39. The number of anilines is 1. The van der Waals surface area contributed by atoms with E-state index >= 15 is 0 Å². The molecule has 0 radical (unpaired) electrons. The number of carboxylic acid groups (broad SMARTS) is 1. The van der Waals surface area contributed by atoms with Gasteiger partial charge in [-0.1, -0.05) is 35.9 Å². The highest BCUT2D eigenvalue weighted by Gasteiger charge is 2.26. The average molecular weight is 405 g/mol. The van der Waals surface area contributed by atoms with Crippen LogP contribution >= 0.6 is 11.6 Å². The Morgan fingerprint density at radius 2 is 1.82 bits per heavy atom. The van der Waals surface area contributed by atoms with Gasteiger partial charge in [-0.05, 0) is 62.1 Å². The maximum Gasteiger partial charge on any atom is 0.317 e. The first-order chi connectivity index (χ1) is 13.5. The molecule has 0 aliphatic carbocycles. The van der Waals surface area contributed by atoms with E-state index in [0.717, 1.165) is 50.3 Å². The van der Waals surface area contributed by atoms with E-state index in [9.17, 15) is 14.3 Å². The van der Waals surface area contributed by atoms with Crippen molar-refractivity contribution in [2.45, 2.75) is 31.7 Å². The molecule has 0 atom stereocenters. The number of rotatable bonds is 8. The van der Waals surface area contributed by atoms with Gasteiger partial charge in [-0.3, -0.25) is 9.69 Å². The van der Waals surface area contributed by atoms with Crippen molar-refractivity contribution in [1.82, 2.24) is 4.90 Å². The van der Waals surface area contributed by atoms with Crippen LogP contribution in [-0.4, -0.2) is 48.2 Å². The molecule has 0 unspecified atom stereocenters. The number of halogens is 2. The Hall–Kier alpha value is -2.11. The first kappa shape index (κ1) is 20.6. The highest BCUT2D eigenvalue weighted by Crippen LogP contribution is 2.25. The number of piperidine rings is 1. The van der Waals surface area contributed by atoms with Crippen LogP contribution in [-0.2, 0) is 11.2 Å².